The second kappa shape index (κ2) is 8.71. The largest absolute Gasteiger partial charge is 0.375 e. The highest BCUT2D eigenvalue weighted by Gasteiger charge is 2.51. The molecule has 2 saturated carbocycles. The molecule has 1 aromatic heterocycles. The van der Waals surface area contributed by atoms with Gasteiger partial charge in [-0.05, 0) is 68.4 Å². The van der Waals surface area contributed by atoms with Gasteiger partial charge in [-0.15, -0.1) is 0 Å². The molecule has 8 heteroatoms. The van der Waals surface area contributed by atoms with Crippen LogP contribution in [0.4, 0.5) is 0 Å². The van der Waals surface area contributed by atoms with Gasteiger partial charge in [0, 0.05) is 30.2 Å². The predicted molar refractivity (Wildman–Crippen MR) is 134 cm³/mol. The lowest BCUT2D eigenvalue weighted by atomic mass is 9.96. The van der Waals surface area contributed by atoms with Crippen LogP contribution in [0.1, 0.15) is 67.2 Å². The van der Waals surface area contributed by atoms with Crippen LogP contribution >= 0.6 is 0 Å². The third-order valence-corrected chi connectivity index (χ3v) is 8.37. The number of hydroxylamine groups is 1. The van der Waals surface area contributed by atoms with E-state index in [0.717, 1.165) is 48.1 Å². The summed E-state index contributed by atoms with van der Waals surface area (Å²) in [5, 5.41) is 12.2. The Morgan fingerprint density at radius 1 is 1.11 bits per heavy atom. The Hall–Kier alpha value is -3.23. The minimum atomic E-state index is -0.520. The first-order valence-corrected chi connectivity index (χ1v) is 12.8. The molecule has 3 fully saturated rings. The highest BCUT2D eigenvalue weighted by atomic mass is 16.5. The van der Waals surface area contributed by atoms with Crippen LogP contribution < -0.4 is 10.8 Å². The number of hydrogen-bond donors (Lipinski definition) is 3. The number of aromatic nitrogens is 2. The van der Waals surface area contributed by atoms with Crippen LogP contribution in [0.15, 0.2) is 48.5 Å². The van der Waals surface area contributed by atoms with Crippen LogP contribution in [0, 0.1) is 5.92 Å². The van der Waals surface area contributed by atoms with Gasteiger partial charge in [0.25, 0.3) is 5.91 Å². The van der Waals surface area contributed by atoms with E-state index in [9.17, 15) is 14.8 Å². The van der Waals surface area contributed by atoms with Gasteiger partial charge in [-0.3, -0.25) is 14.8 Å². The smallest absolute Gasteiger partial charge is 0.251 e. The molecule has 188 valence electrons. The highest BCUT2D eigenvalue weighted by Crippen LogP contribution is 2.48. The van der Waals surface area contributed by atoms with Gasteiger partial charge in [0.2, 0.25) is 5.91 Å². The van der Waals surface area contributed by atoms with Crippen LogP contribution in [0.25, 0.3) is 11.0 Å². The second-order valence-electron chi connectivity index (χ2n) is 11.0. The average Bonchev–Trinajstić information content (AvgIpc) is 3.22. The normalized spacial score (nSPS) is 26.4. The van der Waals surface area contributed by atoms with Crippen LogP contribution in [-0.4, -0.2) is 44.8 Å². The van der Waals surface area contributed by atoms with Gasteiger partial charge in [-0.2, -0.15) is 0 Å². The van der Waals surface area contributed by atoms with Gasteiger partial charge >= 0.3 is 0 Å². The molecule has 2 aromatic carbocycles. The zero-order valence-electron chi connectivity index (χ0n) is 20.5. The second-order valence-corrected chi connectivity index (χ2v) is 11.0. The number of rotatable bonds is 6. The van der Waals surface area contributed by atoms with Crippen molar-refractivity contribution in [1.82, 2.24) is 20.3 Å². The Labute approximate surface area is 210 Å². The topological polar surface area (TPSA) is 105 Å². The Morgan fingerprint density at radius 2 is 1.89 bits per heavy atom. The van der Waals surface area contributed by atoms with Crippen molar-refractivity contribution in [1.29, 1.82) is 0 Å². The quantitative estimate of drug-likeness (QED) is 0.363. The molecule has 6 rings (SSSR count). The monoisotopic (exact) mass is 488 g/mol. The molecule has 8 nitrogen and oxygen atoms in total. The van der Waals surface area contributed by atoms with Crippen molar-refractivity contribution >= 4 is 22.8 Å². The van der Waals surface area contributed by atoms with E-state index >= 15 is 0 Å². The van der Waals surface area contributed by atoms with E-state index in [2.05, 4.69) is 28.9 Å². The first-order valence-electron chi connectivity index (χ1n) is 12.8. The van der Waals surface area contributed by atoms with Crippen molar-refractivity contribution in [2.45, 2.75) is 69.1 Å². The summed E-state index contributed by atoms with van der Waals surface area (Å²) in [5.41, 5.74) is 5.29. The summed E-state index contributed by atoms with van der Waals surface area (Å²) in [6.07, 6.45) is 5.19. The Bertz CT molecular complexity index is 1300. The number of amides is 2. The van der Waals surface area contributed by atoms with Crippen LogP contribution in [0.5, 0.6) is 0 Å². The maximum atomic E-state index is 13.1. The Kier molecular flexibility index (Phi) is 5.61. The molecule has 3 aromatic rings. The number of ether oxygens (including phenoxy) is 1. The van der Waals surface area contributed by atoms with Gasteiger partial charge in [-0.25, -0.2) is 10.5 Å². The molecule has 3 aliphatic rings. The lowest BCUT2D eigenvalue weighted by Crippen LogP contribution is -2.43. The molecule has 2 aliphatic carbocycles. The van der Waals surface area contributed by atoms with Crippen molar-refractivity contribution in [2.24, 2.45) is 5.92 Å². The van der Waals surface area contributed by atoms with E-state index in [-0.39, 0.29) is 23.0 Å². The number of fused-ring (bicyclic) bond motifs is 1. The third kappa shape index (κ3) is 4.08. The first kappa shape index (κ1) is 23.2. The van der Waals surface area contributed by atoms with Crippen LogP contribution in [0.3, 0.4) is 0 Å². The predicted octanol–water partition coefficient (Wildman–Crippen LogP) is 3.70. The minimum Gasteiger partial charge on any atom is -0.375 e. The summed E-state index contributed by atoms with van der Waals surface area (Å²) in [5.74, 6) is -0.0941. The summed E-state index contributed by atoms with van der Waals surface area (Å²) in [6, 6.07) is 15.5. The number of carbonyl (C=O) groups excluding carboxylic acids is 2. The minimum absolute atomic E-state index is 0.137. The van der Waals surface area contributed by atoms with E-state index in [1.54, 1.807) is 5.48 Å². The van der Waals surface area contributed by atoms with Crippen molar-refractivity contribution in [3.63, 3.8) is 0 Å². The number of para-hydroxylation sites is 2. The fraction of sp³-hybridized carbons (Fsp3) is 0.464. The van der Waals surface area contributed by atoms with Gasteiger partial charge in [-0.1, -0.05) is 31.2 Å². The maximum absolute atomic E-state index is 13.1. The van der Waals surface area contributed by atoms with Gasteiger partial charge in [0.1, 0.15) is 5.82 Å². The fourth-order valence-electron chi connectivity index (χ4n) is 6.06. The number of nitrogens with one attached hydrogen (secondary N) is 2. The van der Waals surface area contributed by atoms with Gasteiger partial charge in [0.15, 0.2) is 0 Å². The van der Waals surface area contributed by atoms with Crippen LogP contribution in [0.2, 0.25) is 0 Å². The molecule has 3 atom stereocenters. The molecule has 3 N–H and O–H groups in total. The highest BCUT2D eigenvalue weighted by molar-refractivity contribution is 5.95. The van der Waals surface area contributed by atoms with E-state index in [4.69, 9.17) is 9.72 Å². The van der Waals surface area contributed by atoms with Crippen LogP contribution in [-0.2, 0) is 21.5 Å². The molecule has 1 saturated heterocycles. The zero-order valence-corrected chi connectivity index (χ0v) is 20.5. The number of carbonyl (C=O) groups is 2. The van der Waals surface area contributed by atoms with Crippen molar-refractivity contribution in [3.05, 3.63) is 65.5 Å². The summed E-state index contributed by atoms with van der Waals surface area (Å²) >= 11 is 0. The zero-order chi connectivity index (χ0) is 24.9. The standard InChI is InChI=1S/C28H32N4O4/c1-27(12-13-27)26-30-21-5-2-3-6-23(21)32(26)17-18-7-9-19(10-8-18)24(33)29-22-16-28(11-4-14-36-28)15-20(22)25(34)31-35/h2-3,5-10,20,22,35H,4,11-17H2,1H3,(H,29,33)(H,31,34)/t20-,22+,28+/m0/s1. The summed E-state index contributed by atoms with van der Waals surface area (Å²) < 4.78 is 8.26. The average molecular weight is 489 g/mol. The van der Waals surface area contributed by atoms with E-state index in [1.807, 2.05) is 36.4 Å². The summed E-state index contributed by atoms with van der Waals surface area (Å²) in [7, 11) is 0. The molecular formula is C28H32N4O4. The molecule has 2 amide bonds. The molecule has 0 unspecified atom stereocenters. The Balaban J connectivity index is 1.19. The third-order valence-electron chi connectivity index (χ3n) is 8.37. The van der Waals surface area contributed by atoms with Crippen molar-refractivity contribution < 1.29 is 19.5 Å². The summed E-state index contributed by atoms with van der Waals surface area (Å²) in [6.45, 7) is 3.63. The molecule has 0 radical (unpaired) electrons. The molecule has 1 spiro atoms. The molecule has 0 bridgehead atoms. The van der Waals surface area contributed by atoms with E-state index in [1.165, 1.54) is 0 Å². The molecule has 36 heavy (non-hydrogen) atoms. The number of hydrogen-bond acceptors (Lipinski definition) is 5. The first-order chi connectivity index (χ1) is 17.4. The van der Waals surface area contributed by atoms with E-state index < -0.39 is 11.8 Å². The SMILES string of the molecule is CC1(c2nc3ccccc3n2Cc2ccc(C(=O)N[C@@H]3C[C@@]4(CCCO4)C[C@@H]3C(=O)NO)cc2)CC1. The lowest BCUT2D eigenvalue weighted by Gasteiger charge is -2.22. The molecule has 2 heterocycles. The van der Waals surface area contributed by atoms with E-state index in [0.29, 0.717) is 31.6 Å². The summed E-state index contributed by atoms with van der Waals surface area (Å²) in [4.78, 5) is 30.3. The molecular weight excluding hydrogens is 456 g/mol. The van der Waals surface area contributed by atoms with Gasteiger partial charge in [0.05, 0.1) is 22.6 Å². The maximum Gasteiger partial charge on any atom is 0.251 e. The van der Waals surface area contributed by atoms with Crippen molar-refractivity contribution in [3.8, 4) is 0 Å². The number of benzene rings is 2. The number of nitrogens with zero attached hydrogens (tertiary/aromatic N) is 2. The molecule has 1 aliphatic heterocycles. The lowest BCUT2D eigenvalue weighted by molar-refractivity contribution is -0.134. The van der Waals surface area contributed by atoms with Crippen molar-refractivity contribution in [2.75, 3.05) is 6.61 Å². The fourth-order valence-corrected chi connectivity index (χ4v) is 6.06. The van der Waals surface area contributed by atoms with Gasteiger partial charge < -0.3 is 14.6 Å². The Morgan fingerprint density at radius 3 is 2.58 bits per heavy atom. The number of imidazole rings is 1.